The van der Waals surface area contributed by atoms with Gasteiger partial charge in [-0.15, -0.1) is 0 Å². The molecule has 0 aliphatic carbocycles. The normalized spacial score (nSPS) is 15.6. The average Bonchev–Trinajstić information content (AvgIpc) is 2.88. The molecule has 138 valence electrons. The van der Waals surface area contributed by atoms with E-state index in [0.717, 1.165) is 0 Å². The number of hydrogen-bond acceptors (Lipinski definition) is 5. The first kappa shape index (κ1) is 18.9. The van der Waals surface area contributed by atoms with Crippen LogP contribution in [0.25, 0.3) is 6.08 Å². The maximum Gasteiger partial charge on any atom is 0.325 e. The minimum Gasteiger partial charge on any atom is -0.508 e. The topological polar surface area (TPSA) is 70.1 Å². The molecule has 0 spiro atoms. The number of thiocarbonyl (C=S) groups is 1. The van der Waals surface area contributed by atoms with E-state index in [1.807, 2.05) is 0 Å². The summed E-state index contributed by atoms with van der Waals surface area (Å²) >= 11 is 11.4. The molecule has 8 heteroatoms. The van der Waals surface area contributed by atoms with Crippen LogP contribution in [-0.4, -0.2) is 40.6 Å². The lowest BCUT2D eigenvalue weighted by atomic mass is 10.1. The van der Waals surface area contributed by atoms with E-state index in [0.29, 0.717) is 16.3 Å². The number of methoxy groups -OCH3 is 1. The fraction of sp³-hybridized carbons (Fsp3) is 0.105. The summed E-state index contributed by atoms with van der Waals surface area (Å²) in [7, 11) is 1.27. The van der Waals surface area contributed by atoms with E-state index in [-0.39, 0.29) is 29.0 Å². The molecule has 0 unspecified atom stereocenters. The quantitative estimate of drug-likeness (QED) is 0.481. The van der Waals surface area contributed by atoms with Crippen molar-refractivity contribution in [3.8, 4) is 5.75 Å². The first-order chi connectivity index (χ1) is 12.9. The van der Waals surface area contributed by atoms with Crippen molar-refractivity contribution in [1.82, 2.24) is 4.90 Å². The van der Waals surface area contributed by atoms with Gasteiger partial charge in [-0.2, -0.15) is 0 Å². The highest BCUT2D eigenvalue weighted by atomic mass is 35.5. The molecule has 0 atom stereocenters. The van der Waals surface area contributed by atoms with Crippen molar-refractivity contribution >= 4 is 52.6 Å². The fourth-order valence-electron chi connectivity index (χ4n) is 2.57. The Morgan fingerprint density at radius 1 is 1.19 bits per heavy atom. The van der Waals surface area contributed by atoms with Crippen molar-refractivity contribution in [3.63, 3.8) is 0 Å². The number of phenolic OH excluding ortho intramolecular Hbond substituents is 1. The number of carbonyl (C=O) groups excluding carboxylic acids is 2. The van der Waals surface area contributed by atoms with Gasteiger partial charge < -0.3 is 14.7 Å². The largest absolute Gasteiger partial charge is 0.508 e. The van der Waals surface area contributed by atoms with Gasteiger partial charge in [-0.3, -0.25) is 14.5 Å². The predicted molar refractivity (Wildman–Crippen MR) is 106 cm³/mol. The van der Waals surface area contributed by atoms with Crippen molar-refractivity contribution in [2.45, 2.75) is 0 Å². The molecular weight excluding hydrogens is 388 g/mol. The van der Waals surface area contributed by atoms with Gasteiger partial charge in [0, 0.05) is 5.02 Å². The molecule has 1 heterocycles. The van der Waals surface area contributed by atoms with Crippen molar-refractivity contribution in [2.24, 2.45) is 0 Å². The van der Waals surface area contributed by atoms with Crippen molar-refractivity contribution in [2.75, 3.05) is 18.6 Å². The zero-order chi connectivity index (χ0) is 19.6. The lowest BCUT2D eigenvalue weighted by molar-refractivity contribution is -0.140. The summed E-state index contributed by atoms with van der Waals surface area (Å²) in [5.74, 6) is -0.793. The van der Waals surface area contributed by atoms with Crippen molar-refractivity contribution < 1.29 is 19.4 Å². The van der Waals surface area contributed by atoms with Crippen LogP contribution in [0.2, 0.25) is 5.02 Å². The number of aromatic hydroxyl groups is 1. The highest BCUT2D eigenvalue weighted by Gasteiger charge is 2.40. The van der Waals surface area contributed by atoms with Gasteiger partial charge in [-0.25, -0.2) is 0 Å². The Morgan fingerprint density at radius 3 is 2.41 bits per heavy atom. The Bertz CT molecular complexity index is 926. The zero-order valence-electron chi connectivity index (χ0n) is 14.3. The van der Waals surface area contributed by atoms with Gasteiger partial charge in [0.1, 0.15) is 18.0 Å². The Hall–Kier alpha value is -2.90. The van der Waals surface area contributed by atoms with Crippen molar-refractivity contribution in [1.29, 1.82) is 0 Å². The number of hydrogen-bond donors (Lipinski definition) is 1. The average molecular weight is 403 g/mol. The summed E-state index contributed by atoms with van der Waals surface area (Å²) < 4.78 is 4.72. The summed E-state index contributed by atoms with van der Waals surface area (Å²) in [6, 6.07) is 13.0. The number of anilines is 1. The molecule has 1 amide bonds. The minimum atomic E-state index is -0.528. The van der Waals surface area contributed by atoms with Gasteiger partial charge in [0.05, 0.1) is 12.8 Å². The Labute approximate surface area is 166 Å². The van der Waals surface area contributed by atoms with Crippen LogP contribution >= 0.6 is 23.8 Å². The van der Waals surface area contributed by atoms with Crippen LogP contribution in [0.1, 0.15) is 5.56 Å². The third-order valence-electron chi connectivity index (χ3n) is 3.93. The second kappa shape index (κ2) is 7.77. The van der Waals surface area contributed by atoms with E-state index in [2.05, 4.69) is 0 Å². The Balaban J connectivity index is 2.03. The number of ether oxygens (including phenoxy) is 1. The molecule has 0 radical (unpaired) electrons. The molecule has 0 saturated carbocycles. The monoisotopic (exact) mass is 402 g/mol. The van der Waals surface area contributed by atoms with Crippen LogP contribution in [-0.2, 0) is 14.3 Å². The van der Waals surface area contributed by atoms with E-state index in [1.165, 1.54) is 29.0 Å². The standard InChI is InChI=1S/C19H15ClN2O4S/c1-26-17(24)11-21-16(10-12-2-8-15(23)9-3-12)18(25)22(19(21)27)14-6-4-13(20)5-7-14/h2-10,23H,11H2,1H3/b16-10-. The minimum absolute atomic E-state index is 0.111. The van der Waals surface area contributed by atoms with Crippen LogP contribution in [0, 0.1) is 0 Å². The first-order valence-corrected chi connectivity index (χ1v) is 8.68. The molecule has 1 saturated heterocycles. The van der Waals surface area contributed by atoms with Gasteiger partial charge in [0.15, 0.2) is 5.11 Å². The zero-order valence-corrected chi connectivity index (χ0v) is 15.8. The molecule has 6 nitrogen and oxygen atoms in total. The number of amides is 1. The Kier molecular flexibility index (Phi) is 5.43. The van der Waals surface area contributed by atoms with Crippen LogP contribution < -0.4 is 4.90 Å². The van der Waals surface area contributed by atoms with Crippen LogP contribution in [0.15, 0.2) is 54.2 Å². The number of nitrogens with zero attached hydrogens (tertiary/aromatic N) is 2. The van der Waals surface area contributed by atoms with E-state index in [1.54, 1.807) is 42.5 Å². The smallest absolute Gasteiger partial charge is 0.325 e. The predicted octanol–water partition coefficient (Wildman–Crippen LogP) is 3.19. The molecule has 27 heavy (non-hydrogen) atoms. The highest BCUT2D eigenvalue weighted by molar-refractivity contribution is 7.80. The molecule has 0 aromatic heterocycles. The van der Waals surface area contributed by atoms with Crippen molar-refractivity contribution in [3.05, 3.63) is 64.8 Å². The van der Waals surface area contributed by atoms with E-state index < -0.39 is 5.97 Å². The number of phenols is 1. The van der Waals surface area contributed by atoms with Crippen LogP contribution in [0.5, 0.6) is 5.75 Å². The maximum absolute atomic E-state index is 13.0. The highest BCUT2D eigenvalue weighted by Crippen LogP contribution is 2.30. The molecule has 1 aliphatic rings. The molecular formula is C19H15ClN2O4S. The molecule has 1 aliphatic heterocycles. The Morgan fingerprint density at radius 2 is 1.81 bits per heavy atom. The lowest BCUT2D eigenvalue weighted by Gasteiger charge is -2.19. The molecule has 2 aromatic carbocycles. The van der Waals surface area contributed by atoms with Gasteiger partial charge >= 0.3 is 5.97 Å². The fourth-order valence-corrected chi connectivity index (χ4v) is 3.05. The number of rotatable bonds is 4. The molecule has 0 bridgehead atoms. The molecule has 2 aromatic rings. The summed E-state index contributed by atoms with van der Waals surface area (Å²) in [6.45, 7) is -0.199. The second-order valence-electron chi connectivity index (χ2n) is 5.68. The molecule has 3 rings (SSSR count). The number of esters is 1. The molecule has 1 fully saturated rings. The second-order valence-corrected chi connectivity index (χ2v) is 6.48. The van der Waals surface area contributed by atoms with Crippen LogP contribution in [0.4, 0.5) is 5.69 Å². The summed E-state index contributed by atoms with van der Waals surface area (Å²) in [6.07, 6.45) is 1.60. The SMILES string of the molecule is COC(=O)CN1C(=S)N(c2ccc(Cl)cc2)C(=O)/C1=C/c1ccc(O)cc1. The number of benzene rings is 2. The summed E-state index contributed by atoms with van der Waals surface area (Å²) in [5, 5.41) is 10.1. The third-order valence-corrected chi connectivity index (χ3v) is 4.59. The first-order valence-electron chi connectivity index (χ1n) is 7.90. The number of halogens is 1. The van der Waals surface area contributed by atoms with E-state index >= 15 is 0 Å². The third kappa shape index (κ3) is 3.94. The summed E-state index contributed by atoms with van der Waals surface area (Å²) in [5.41, 5.74) is 1.44. The van der Waals surface area contributed by atoms with Gasteiger partial charge in [0.2, 0.25) is 0 Å². The lowest BCUT2D eigenvalue weighted by Crippen LogP contribution is -2.35. The summed E-state index contributed by atoms with van der Waals surface area (Å²) in [4.78, 5) is 27.6. The maximum atomic E-state index is 13.0. The number of carbonyl (C=O) groups is 2. The van der Waals surface area contributed by atoms with Gasteiger partial charge in [0.25, 0.3) is 5.91 Å². The van der Waals surface area contributed by atoms with Gasteiger partial charge in [-0.05, 0) is 60.3 Å². The van der Waals surface area contributed by atoms with Gasteiger partial charge in [-0.1, -0.05) is 23.7 Å². The molecule has 1 N–H and O–H groups in total. The van der Waals surface area contributed by atoms with E-state index in [9.17, 15) is 14.7 Å². The van der Waals surface area contributed by atoms with E-state index in [4.69, 9.17) is 28.6 Å². The van der Waals surface area contributed by atoms with Crippen LogP contribution in [0.3, 0.4) is 0 Å².